The van der Waals surface area contributed by atoms with Crippen LogP contribution in [0.25, 0.3) is 0 Å². The van der Waals surface area contributed by atoms with Gasteiger partial charge in [-0.3, -0.25) is 4.79 Å². The Morgan fingerprint density at radius 1 is 0.966 bits per heavy atom. The van der Waals surface area contributed by atoms with E-state index in [4.69, 9.17) is 10.2 Å². The summed E-state index contributed by atoms with van der Waals surface area (Å²) in [7, 11) is 0. The molecule has 6 nitrogen and oxygen atoms in total. The van der Waals surface area contributed by atoms with Gasteiger partial charge in [-0.25, -0.2) is 4.99 Å². The molecule has 2 aromatic carbocycles. The van der Waals surface area contributed by atoms with E-state index in [1.807, 2.05) is 24.3 Å². The lowest BCUT2D eigenvalue weighted by atomic mass is 10.0. The molecule has 0 unspecified atom stereocenters. The fourth-order valence-corrected chi connectivity index (χ4v) is 3.04. The van der Waals surface area contributed by atoms with Crippen molar-refractivity contribution >= 4 is 23.2 Å². The molecular weight excluding hydrogens is 364 g/mol. The van der Waals surface area contributed by atoms with Gasteiger partial charge in [-0.1, -0.05) is 44.2 Å². The van der Waals surface area contributed by atoms with Gasteiger partial charge in [-0.05, 0) is 53.8 Å². The predicted octanol–water partition coefficient (Wildman–Crippen LogP) is 4.58. The number of para-hydroxylation sites is 1. The molecule has 0 spiro atoms. The largest absolute Gasteiger partial charge is 0.459 e. The number of carbonyl (C=O) groups excluding carboxylic acids is 1. The number of anilines is 2. The van der Waals surface area contributed by atoms with E-state index in [1.54, 1.807) is 12.1 Å². The highest BCUT2D eigenvalue weighted by molar-refractivity contribution is 6.02. The van der Waals surface area contributed by atoms with Crippen LogP contribution in [0.15, 0.2) is 70.3 Å². The molecule has 6 heteroatoms. The minimum Gasteiger partial charge on any atom is -0.459 e. The predicted molar refractivity (Wildman–Crippen MR) is 117 cm³/mol. The minimum absolute atomic E-state index is 0.274. The zero-order valence-electron chi connectivity index (χ0n) is 16.7. The lowest BCUT2D eigenvalue weighted by molar-refractivity contribution is 0.0996. The van der Waals surface area contributed by atoms with Gasteiger partial charge < -0.3 is 20.8 Å². The number of nitrogens with zero attached hydrogens (tertiary/aromatic N) is 1. The van der Waals surface area contributed by atoms with Crippen LogP contribution in [0.1, 0.15) is 41.1 Å². The summed E-state index contributed by atoms with van der Waals surface area (Å²) < 4.78 is 5.09. The molecule has 0 aliphatic carbocycles. The zero-order chi connectivity index (χ0) is 20.6. The van der Waals surface area contributed by atoms with Gasteiger partial charge in [0, 0.05) is 11.4 Å². The van der Waals surface area contributed by atoms with Crippen LogP contribution in [0.4, 0.5) is 11.4 Å². The molecule has 3 aromatic rings. The molecule has 0 aliphatic heterocycles. The summed E-state index contributed by atoms with van der Waals surface area (Å²) in [4.78, 5) is 16.5. The van der Waals surface area contributed by atoms with Crippen LogP contribution in [0.5, 0.6) is 0 Å². The second-order valence-electron chi connectivity index (χ2n) is 6.61. The smallest absolute Gasteiger partial charge is 0.291 e. The van der Waals surface area contributed by atoms with Crippen LogP contribution in [-0.4, -0.2) is 11.9 Å². The number of guanidine groups is 1. The normalized spacial score (nSPS) is 11.3. The number of carbonyl (C=O) groups is 1. The monoisotopic (exact) mass is 390 g/mol. The second kappa shape index (κ2) is 9.59. The summed E-state index contributed by atoms with van der Waals surface area (Å²) >= 11 is 0. The maximum absolute atomic E-state index is 12.0. The Morgan fingerprint density at radius 2 is 1.66 bits per heavy atom. The Morgan fingerprint density at radius 3 is 2.24 bits per heavy atom. The van der Waals surface area contributed by atoms with Gasteiger partial charge in [0.15, 0.2) is 11.7 Å². The van der Waals surface area contributed by atoms with Gasteiger partial charge >= 0.3 is 0 Å². The third kappa shape index (κ3) is 5.25. The summed E-state index contributed by atoms with van der Waals surface area (Å²) in [5.41, 5.74) is 11.3. The first-order chi connectivity index (χ1) is 14.1. The van der Waals surface area contributed by atoms with Crippen LogP contribution in [-0.2, 0) is 19.4 Å². The lowest BCUT2D eigenvalue weighted by Crippen LogP contribution is -2.24. The summed E-state index contributed by atoms with van der Waals surface area (Å²) in [5, 5.41) is 6.05. The van der Waals surface area contributed by atoms with Crippen LogP contribution in [0, 0.1) is 0 Å². The van der Waals surface area contributed by atoms with E-state index >= 15 is 0 Å². The highest BCUT2D eigenvalue weighted by Gasteiger charge is 2.09. The molecule has 150 valence electrons. The molecule has 29 heavy (non-hydrogen) atoms. The van der Waals surface area contributed by atoms with Crippen LogP contribution in [0.2, 0.25) is 0 Å². The van der Waals surface area contributed by atoms with E-state index in [-0.39, 0.29) is 11.7 Å². The number of benzene rings is 2. The number of aliphatic imine (C=N–C) groups is 1. The molecule has 0 saturated carbocycles. The molecule has 1 amide bonds. The van der Waals surface area contributed by atoms with Crippen molar-refractivity contribution in [3.8, 4) is 0 Å². The number of aryl methyl sites for hydroxylation is 2. The molecule has 0 bridgehead atoms. The topological polar surface area (TPSA) is 92.6 Å². The SMILES string of the molecule is CCc1cccc(CC)c1NC(N)=NCc1ccc(NC(=O)c2ccco2)cc1. The molecule has 0 radical (unpaired) electrons. The maximum Gasteiger partial charge on any atom is 0.291 e. The number of rotatable bonds is 7. The van der Waals surface area contributed by atoms with Crippen molar-refractivity contribution in [3.05, 3.63) is 83.3 Å². The van der Waals surface area contributed by atoms with E-state index in [0.29, 0.717) is 18.2 Å². The third-order valence-electron chi connectivity index (χ3n) is 4.64. The van der Waals surface area contributed by atoms with E-state index in [1.165, 1.54) is 17.4 Å². The summed E-state index contributed by atoms with van der Waals surface area (Å²) in [6, 6.07) is 17.1. The number of amides is 1. The average Bonchev–Trinajstić information content (AvgIpc) is 3.28. The first kappa shape index (κ1) is 20.2. The van der Waals surface area contributed by atoms with E-state index in [9.17, 15) is 4.79 Å². The molecule has 1 aromatic heterocycles. The highest BCUT2D eigenvalue weighted by atomic mass is 16.3. The maximum atomic E-state index is 12.0. The van der Waals surface area contributed by atoms with Crippen molar-refractivity contribution in [2.75, 3.05) is 10.6 Å². The van der Waals surface area contributed by atoms with Crippen molar-refractivity contribution in [1.29, 1.82) is 0 Å². The Kier molecular flexibility index (Phi) is 6.68. The van der Waals surface area contributed by atoms with E-state index < -0.39 is 0 Å². The summed E-state index contributed by atoms with van der Waals surface area (Å²) in [5.74, 6) is 0.377. The number of furan rings is 1. The Hall–Kier alpha value is -3.54. The Labute approximate surface area is 170 Å². The van der Waals surface area contributed by atoms with Gasteiger partial charge in [0.05, 0.1) is 12.8 Å². The number of hydrogen-bond acceptors (Lipinski definition) is 3. The molecule has 0 saturated heterocycles. The van der Waals surface area contributed by atoms with Gasteiger partial charge in [0.2, 0.25) is 0 Å². The zero-order valence-corrected chi connectivity index (χ0v) is 16.7. The molecule has 0 fully saturated rings. The quantitative estimate of drug-likeness (QED) is 0.406. The number of nitrogens with two attached hydrogens (primary N) is 1. The van der Waals surface area contributed by atoms with Crippen molar-refractivity contribution in [3.63, 3.8) is 0 Å². The van der Waals surface area contributed by atoms with E-state index in [0.717, 1.165) is 24.1 Å². The lowest BCUT2D eigenvalue weighted by Gasteiger charge is -2.14. The van der Waals surface area contributed by atoms with Crippen LogP contribution in [0.3, 0.4) is 0 Å². The first-order valence-electron chi connectivity index (χ1n) is 9.72. The van der Waals surface area contributed by atoms with Gasteiger partial charge in [0.1, 0.15) is 0 Å². The van der Waals surface area contributed by atoms with Crippen molar-refractivity contribution in [2.45, 2.75) is 33.2 Å². The van der Waals surface area contributed by atoms with Crippen LogP contribution < -0.4 is 16.4 Å². The van der Waals surface area contributed by atoms with Gasteiger partial charge in [-0.2, -0.15) is 0 Å². The van der Waals surface area contributed by atoms with Gasteiger partial charge in [0.25, 0.3) is 5.91 Å². The fourth-order valence-electron chi connectivity index (χ4n) is 3.04. The van der Waals surface area contributed by atoms with Crippen molar-refractivity contribution < 1.29 is 9.21 Å². The number of hydrogen-bond donors (Lipinski definition) is 3. The molecule has 0 atom stereocenters. The first-order valence-corrected chi connectivity index (χ1v) is 9.72. The molecule has 3 rings (SSSR count). The molecule has 4 N–H and O–H groups in total. The van der Waals surface area contributed by atoms with Gasteiger partial charge in [-0.15, -0.1) is 0 Å². The minimum atomic E-state index is -0.282. The standard InChI is InChI=1S/C23H26N4O2/c1-3-17-7-5-8-18(4-2)21(17)27-23(24)25-15-16-10-12-19(13-11-16)26-22(28)20-9-6-14-29-20/h5-14H,3-4,15H2,1-2H3,(H,26,28)(H3,24,25,27). The molecule has 0 aliphatic rings. The second-order valence-corrected chi connectivity index (χ2v) is 6.61. The van der Waals surface area contributed by atoms with Crippen molar-refractivity contribution in [2.24, 2.45) is 10.7 Å². The third-order valence-corrected chi connectivity index (χ3v) is 4.64. The average molecular weight is 390 g/mol. The van der Waals surface area contributed by atoms with Crippen molar-refractivity contribution in [1.82, 2.24) is 0 Å². The van der Waals surface area contributed by atoms with Crippen LogP contribution >= 0.6 is 0 Å². The number of nitrogens with one attached hydrogen (secondary N) is 2. The molecule has 1 heterocycles. The fraction of sp³-hybridized carbons (Fsp3) is 0.217. The Bertz CT molecular complexity index is 954. The highest BCUT2D eigenvalue weighted by Crippen LogP contribution is 2.22. The van der Waals surface area contributed by atoms with E-state index in [2.05, 4.69) is 47.7 Å². The summed E-state index contributed by atoms with van der Waals surface area (Å²) in [6.45, 7) is 4.69. The Balaban J connectivity index is 1.62. The summed E-state index contributed by atoms with van der Waals surface area (Å²) in [6.07, 6.45) is 3.32. The molecular formula is C23H26N4O2.